The van der Waals surface area contributed by atoms with E-state index in [1.165, 1.54) is 12.1 Å². The van der Waals surface area contributed by atoms with E-state index in [9.17, 15) is 9.50 Å². The highest BCUT2D eigenvalue weighted by Gasteiger charge is 1.99. The van der Waals surface area contributed by atoms with Gasteiger partial charge in [0.05, 0.1) is 0 Å². The second-order valence-electron chi connectivity index (χ2n) is 3.44. The van der Waals surface area contributed by atoms with Crippen LogP contribution in [0, 0.1) is 5.82 Å². The van der Waals surface area contributed by atoms with Gasteiger partial charge in [-0.15, -0.1) is 0 Å². The molecule has 17 heavy (non-hydrogen) atoms. The fourth-order valence-corrected chi connectivity index (χ4v) is 1.56. The van der Waals surface area contributed by atoms with E-state index in [1.807, 2.05) is 24.3 Å². The molecule has 0 saturated heterocycles. The van der Waals surface area contributed by atoms with Crippen LogP contribution in [0.4, 0.5) is 10.1 Å². The van der Waals surface area contributed by atoms with Gasteiger partial charge in [0.1, 0.15) is 17.3 Å². The Kier molecular flexibility index (Phi) is 3.54. The number of hydrogen-bond acceptors (Lipinski definition) is 2. The van der Waals surface area contributed by atoms with Crippen molar-refractivity contribution in [3.05, 3.63) is 58.3 Å². The molecule has 4 heteroatoms. The first-order chi connectivity index (χ1) is 8.15. The average Bonchev–Trinajstić information content (AvgIpc) is 2.30. The van der Waals surface area contributed by atoms with Gasteiger partial charge in [0.25, 0.3) is 0 Å². The van der Waals surface area contributed by atoms with Crippen molar-refractivity contribution in [2.45, 2.75) is 0 Å². The van der Waals surface area contributed by atoms with Gasteiger partial charge in [-0.05, 0) is 29.8 Å². The van der Waals surface area contributed by atoms with Gasteiger partial charge in [0, 0.05) is 16.8 Å². The van der Waals surface area contributed by atoms with Crippen LogP contribution in [-0.2, 0) is 0 Å². The molecule has 2 nitrogen and oxygen atoms in total. The van der Waals surface area contributed by atoms with E-state index < -0.39 is 5.82 Å². The van der Waals surface area contributed by atoms with Crippen LogP contribution < -0.4 is 0 Å². The SMILES string of the molecule is Oc1cc(F)ccc1/N=C/c1ccc(Br)cc1. The first-order valence-corrected chi connectivity index (χ1v) is 5.72. The minimum atomic E-state index is -0.481. The van der Waals surface area contributed by atoms with Crippen LogP contribution in [-0.4, -0.2) is 11.3 Å². The Hall–Kier alpha value is -1.68. The third-order valence-electron chi connectivity index (χ3n) is 2.16. The molecule has 0 fully saturated rings. The van der Waals surface area contributed by atoms with E-state index in [4.69, 9.17) is 0 Å². The van der Waals surface area contributed by atoms with E-state index in [-0.39, 0.29) is 5.75 Å². The van der Waals surface area contributed by atoms with Gasteiger partial charge in [-0.25, -0.2) is 4.39 Å². The van der Waals surface area contributed by atoms with Crippen LogP contribution in [0.15, 0.2) is 51.9 Å². The first-order valence-electron chi connectivity index (χ1n) is 4.93. The van der Waals surface area contributed by atoms with Gasteiger partial charge < -0.3 is 5.11 Å². The number of aliphatic imine (C=N–C) groups is 1. The van der Waals surface area contributed by atoms with Crippen molar-refractivity contribution in [3.8, 4) is 5.75 Å². The summed E-state index contributed by atoms with van der Waals surface area (Å²) in [6.45, 7) is 0. The fraction of sp³-hybridized carbons (Fsp3) is 0. The number of hydrogen-bond donors (Lipinski definition) is 1. The summed E-state index contributed by atoms with van der Waals surface area (Å²) in [5.41, 5.74) is 1.24. The van der Waals surface area contributed by atoms with E-state index in [0.717, 1.165) is 16.1 Å². The molecule has 2 aromatic rings. The molecule has 0 unspecified atom stereocenters. The standard InChI is InChI=1S/C13H9BrFNO/c14-10-3-1-9(2-4-10)8-16-12-6-5-11(15)7-13(12)17/h1-8,17H/b16-8+. The molecule has 2 aromatic carbocycles. The molecule has 0 amide bonds. The van der Waals surface area contributed by atoms with E-state index in [0.29, 0.717) is 5.69 Å². The summed E-state index contributed by atoms with van der Waals surface area (Å²) in [5.74, 6) is -0.650. The molecular formula is C13H9BrFNO. The lowest BCUT2D eigenvalue weighted by atomic mass is 10.2. The number of rotatable bonds is 2. The highest BCUT2D eigenvalue weighted by molar-refractivity contribution is 9.10. The third-order valence-corrected chi connectivity index (χ3v) is 2.69. The van der Waals surface area contributed by atoms with Crippen molar-refractivity contribution in [2.75, 3.05) is 0 Å². The Balaban J connectivity index is 2.23. The lowest BCUT2D eigenvalue weighted by Gasteiger charge is -1.98. The molecule has 0 radical (unpaired) electrons. The maximum Gasteiger partial charge on any atom is 0.144 e. The number of aromatic hydroxyl groups is 1. The fourth-order valence-electron chi connectivity index (χ4n) is 1.30. The summed E-state index contributed by atoms with van der Waals surface area (Å²) >= 11 is 3.33. The summed E-state index contributed by atoms with van der Waals surface area (Å²) in [4.78, 5) is 4.09. The number of benzene rings is 2. The zero-order chi connectivity index (χ0) is 12.3. The van der Waals surface area contributed by atoms with Crippen LogP contribution in [0.2, 0.25) is 0 Å². The molecule has 0 aliphatic carbocycles. The van der Waals surface area contributed by atoms with E-state index >= 15 is 0 Å². The number of nitrogens with zero attached hydrogens (tertiary/aromatic N) is 1. The predicted molar refractivity (Wildman–Crippen MR) is 69.5 cm³/mol. The molecule has 0 saturated carbocycles. The molecule has 0 bridgehead atoms. The maximum absolute atomic E-state index is 12.7. The van der Waals surface area contributed by atoms with Crippen LogP contribution in [0.25, 0.3) is 0 Å². The monoisotopic (exact) mass is 293 g/mol. The van der Waals surface area contributed by atoms with Crippen molar-refractivity contribution in [2.24, 2.45) is 4.99 Å². The van der Waals surface area contributed by atoms with Gasteiger partial charge in [-0.3, -0.25) is 4.99 Å². The molecular weight excluding hydrogens is 285 g/mol. The number of phenolic OH excluding ortho intramolecular Hbond substituents is 1. The second-order valence-corrected chi connectivity index (χ2v) is 4.36. The second kappa shape index (κ2) is 5.10. The normalized spacial score (nSPS) is 10.9. The van der Waals surface area contributed by atoms with Crippen molar-refractivity contribution in [1.82, 2.24) is 0 Å². The Labute approximate surface area is 107 Å². The number of halogens is 2. The van der Waals surface area contributed by atoms with Gasteiger partial charge >= 0.3 is 0 Å². The van der Waals surface area contributed by atoms with Crippen LogP contribution in [0.5, 0.6) is 5.75 Å². The molecule has 0 aromatic heterocycles. The highest BCUT2D eigenvalue weighted by atomic mass is 79.9. The molecule has 0 atom stereocenters. The molecule has 0 spiro atoms. The van der Waals surface area contributed by atoms with Crippen LogP contribution in [0.3, 0.4) is 0 Å². The summed E-state index contributed by atoms with van der Waals surface area (Å²) in [5, 5.41) is 9.45. The van der Waals surface area contributed by atoms with E-state index in [2.05, 4.69) is 20.9 Å². The van der Waals surface area contributed by atoms with Crippen molar-refractivity contribution in [1.29, 1.82) is 0 Å². The minimum Gasteiger partial charge on any atom is -0.506 e. The number of phenols is 1. The van der Waals surface area contributed by atoms with Gasteiger partial charge in [-0.2, -0.15) is 0 Å². The van der Waals surface area contributed by atoms with Crippen molar-refractivity contribution in [3.63, 3.8) is 0 Å². The zero-order valence-electron chi connectivity index (χ0n) is 8.77. The Morgan fingerprint density at radius 2 is 1.82 bits per heavy atom. The van der Waals surface area contributed by atoms with Gasteiger partial charge in [-0.1, -0.05) is 28.1 Å². The minimum absolute atomic E-state index is 0.168. The Bertz CT molecular complexity index is 552. The van der Waals surface area contributed by atoms with Crippen molar-refractivity contribution >= 4 is 27.8 Å². The molecule has 0 aliphatic heterocycles. The zero-order valence-corrected chi connectivity index (χ0v) is 10.4. The molecule has 2 rings (SSSR count). The third kappa shape index (κ3) is 3.14. The Morgan fingerprint density at radius 1 is 1.12 bits per heavy atom. The maximum atomic E-state index is 12.7. The first kappa shape index (κ1) is 11.8. The van der Waals surface area contributed by atoms with Gasteiger partial charge in [0.2, 0.25) is 0 Å². The average molecular weight is 294 g/mol. The molecule has 0 heterocycles. The van der Waals surface area contributed by atoms with Gasteiger partial charge in [0.15, 0.2) is 0 Å². The molecule has 86 valence electrons. The highest BCUT2D eigenvalue weighted by Crippen LogP contribution is 2.26. The quantitative estimate of drug-likeness (QED) is 0.833. The Morgan fingerprint density at radius 3 is 2.47 bits per heavy atom. The molecule has 0 aliphatic rings. The van der Waals surface area contributed by atoms with Crippen LogP contribution in [0.1, 0.15) is 5.56 Å². The lowest BCUT2D eigenvalue weighted by Crippen LogP contribution is -1.80. The summed E-state index contributed by atoms with van der Waals surface area (Å²) in [7, 11) is 0. The smallest absolute Gasteiger partial charge is 0.144 e. The predicted octanol–water partition coefficient (Wildman–Crippen LogP) is 4.04. The summed E-state index contributed by atoms with van der Waals surface area (Å²) in [6.07, 6.45) is 1.61. The summed E-state index contributed by atoms with van der Waals surface area (Å²) < 4.78 is 13.7. The van der Waals surface area contributed by atoms with Crippen LogP contribution >= 0.6 is 15.9 Å². The summed E-state index contributed by atoms with van der Waals surface area (Å²) in [6, 6.07) is 11.3. The topological polar surface area (TPSA) is 32.6 Å². The van der Waals surface area contributed by atoms with E-state index in [1.54, 1.807) is 6.21 Å². The molecule has 1 N–H and O–H groups in total. The van der Waals surface area contributed by atoms with Crippen molar-refractivity contribution < 1.29 is 9.50 Å². The largest absolute Gasteiger partial charge is 0.506 e. The lowest BCUT2D eigenvalue weighted by molar-refractivity contribution is 0.471.